The minimum absolute atomic E-state index is 0.181. The van der Waals surface area contributed by atoms with Crippen molar-refractivity contribution in [3.63, 3.8) is 0 Å². The van der Waals surface area contributed by atoms with E-state index >= 15 is 0 Å². The van der Waals surface area contributed by atoms with E-state index in [1.165, 1.54) is 10.4 Å². The zero-order valence-electron chi connectivity index (χ0n) is 12.6. The third kappa shape index (κ3) is 3.33. The molecule has 1 aliphatic heterocycles. The largest absolute Gasteiger partial charge is 0.373 e. The van der Waals surface area contributed by atoms with Crippen LogP contribution < -0.4 is 5.32 Å². The third-order valence-electron chi connectivity index (χ3n) is 4.06. The Morgan fingerprint density at radius 1 is 1.52 bits per heavy atom. The predicted molar refractivity (Wildman–Crippen MR) is 83.3 cm³/mol. The third-order valence-corrected chi connectivity index (χ3v) is 4.99. The molecule has 0 bridgehead atoms. The molecular weight excluding hydrogens is 284 g/mol. The number of nitrogens with zero attached hydrogens (tertiary/aromatic N) is 3. The van der Waals surface area contributed by atoms with Gasteiger partial charge in [0.15, 0.2) is 0 Å². The van der Waals surface area contributed by atoms with Gasteiger partial charge in [0.25, 0.3) is 0 Å². The Morgan fingerprint density at radius 3 is 3.14 bits per heavy atom. The molecule has 1 saturated heterocycles. The molecule has 3 heterocycles. The lowest BCUT2D eigenvalue weighted by atomic mass is 9.97. The van der Waals surface area contributed by atoms with Crippen LogP contribution in [0.4, 0.5) is 0 Å². The van der Waals surface area contributed by atoms with Gasteiger partial charge < -0.3 is 10.1 Å². The van der Waals surface area contributed by atoms with Gasteiger partial charge in [-0.15, -0.1) is 11.3 Å². The number of hydrogen-bond donors (Lipinski definition) is 1. The highest BCUT2D eigenvalue weighted by atomic mass is 32.1. The summed E-state index contributed by atoms with van der Waals surface area (Å²) >= 11 is 1.72. The molecule has 5 nitrogen and oxygen atoms in total. The van der Waals surface area contributed by atoms with Crippen molar-refractivity contribution in [1.82, 2.24) is 20.1 Å². The first-order valence-corrected chi connectivity index (χ1v) is 8.39. The first-order chi connectivity index (χ1) is 10.3. The van der Waals surface area contributed by atoms with Gasteiger partial charge in [0, 0.05) is 48.8 Å². The Morgan fingerprint density at radius 2 is 2.43 bits per heavy atom. The van der Waals surface area contributed by atoms with Crippen molar-refractivity contribution in [2.45, 2.75) is 39.5 Å². The van der Waals surface area contributed by atoms with Crippen LogP contribution in [0, 0.1) is 12.8 Å². The molecular formula is C15H22N4OS. The molecule has 0 radical (unpaired) electrons. The Kier molecular flexibility index (Phi) is 4.67. The molecule has 2 atom stereocenters. The maximum atomic E-state index is 5.92. The summed E-state index contributed by atoms with van der Waals surface area (Å²) < 4.78 is 7.88. The van der Waals surface area contributed by atoms with E-state index < -0.39 is 0 Å². The van der Waals surface area contributed by atoms with Gasteiger partial charge in [0.05, 0.1) is 23.5 Å². The molecule has 114 valence electrons. The molecule has 0 amide bonds. The monoisotopic (exact) mass is 306 g/mol. The van der Waals surface area contributed by atoms with Crippen LogP contribution in [-0.2, 0) is 17.8 Å². The standard InChI is InChI=1S/C15H22N4OS/c1-3-19-9-13(7-18-19)15-12(4-5-20-15)6-16-8-14-11(2)17-10-21-14/h7,9-10,12,15-16H,3-6,8H2,1-2H3/t12-,15-/m1/s1. The fourth-order valence-electron chi connectivity index (χ4n) is 2.78. The number of thiazole rings is 1. The Balaban J connectivity index is 1.55. The SMILES string of the molecule is CCn1cc([C@@H]2OCC[C@@H]2CNCc2scnc2C)cn1. The molecule has 0 aliphatic carbocycles. The fourth-order valence-corrected chi connectivity index (χ4v) is 3.52. The maximum absolute atomic E-state index is 5.92. The van der Waals surface area contributed by atoms with Crippen molar-refractivity contribution < 1.29 is 4.74 Å². The summed E-state index contributed by atoms with van der Waals surface area (Å²) in [5.41, 5.74) is 4.25. The van der Waals surface area contributed by atoms with Crippen LogP contribution in [-0.4, -0.2) is 27.9 Å². The minimum atomic E-state index is 0.181. The lowest BCUT2D eigenvalue weighted by Gasteiger charge is -2.17. The lowest BCUT2D eigenvalue weighted by molar-refractivity contribution is 0.0904. The van der Waals surface area contributed by atoms with Gasteiger partial charge in [-0.1, -0.05) is 0 Å². The average molecular weight is 306 g/mol. The van der Waals surface area contributed by atoms with Crippen molar-refractivity contribution >= 4 is 11.3 Å². The molecule has 2 aromatic heterocycles. The molecule has 1 N–H and O–H groups in total. The van der Waals surface area contributed by atoms with E-state index in [-0.39, 0.29) is 6.10 Å². The zero-order chi connectivity index (χ0) is 14.7. The van der Waals surface area contributed by atoms with Crippen LogP contribution in [0.15, 0.2) is 17.9 Å². The number of rotatable bonds is 6. The maximum Gasteiger partial charge on any atom is 0.0896 e. The van der Waals surface area contributed by atoms with Crippen LogP contribution in [0.1, 0.15) is 35.6 Å². The summed E-state index contributed by atoms with van der Waals surface area (Å²) in [5.74, 6) is 0.521. The second kappa shape index (κ2) is 6.68. The van der Waals surface area contributed by atoms with Crippen LogP contribution in [0.3, 0.4) is 0 Å². The first-order valence-electron chi connectivity index (χ1n) is 7.51. The average Bonchev–Trinajstić information content (AvgIpc) is 3.20. The predicted octanol–water partition coefficient (Wildman–Crippen LogP) is 2.54. The second-order valence-electron chi connectivity index (χ2n) is 5.46. The summed E-state index contributed by atoms with van der Waals surface area (Å²) in [6, 6.07) is 0. The van der Waals surface area contributed by atoms with E-state index in [0.29, 0.717) is 5.92 Å². The molecule has 21 heavy (non-hydrogen) atoms. The lowest BCUT2D eigenvalue weighted by Crippen LogP contribution is -2.24. The van der Waals surface area contributed by atoms with Gasteiger partial charge in [-0.3, -0.25) is 4.68 Å². The van der Waals surface area contributed by atoms with Gasteiger partial charge in [-0.25, -0.2) is 4.98 Å². The fraction of sp³-hybridized carbons (Fsp3) is 0.600. The quantitative estimate of drug-likeness (QED) is 0.891. The highest BCUT2D eigenvalue weighted by Crippen LogP contribution is 2.33. The van der Waals surface area contributed by atoms with Gasteiger partial charge in [0.1, 0.15) is 0 Å². The van der Waals surface area contributed by atoms with Gasteiger partial charge in [0.2, 0.25) is 0 Å². The first kappa shape index (κ1) is 14.7. The minimum Gasteiger partial charge on any atom is -0.373 e. The number of aromatic nitrogens is 3. The van der Waals surface area contributed by atoms with Crippen LogP contribution in [0.25, 0.3) is 0 Å². The molecule has 1 fully saturated rings. The molecule has 0 unspecified atom stereocenters. The van der Waals surface area contributed by atoms with E-state index in [1.54, 1.807) is 11.3 Å². The van der Waals surface area contributed by atoms with Gasteiger partial charge >= 0.3 is 0 Å². The van der Waals surface area contributed by atoms with Crippen LogP contribution in [0.5, 0.6) is 0 Å². The van der Waals surface area contributed by atoms with E-state index in [4.69, 9.17) is 4.74 Å². The Labute approximate surface area is 129 Å². The van der Waals surface area contributed by atoms with E-state index in [1.807, 2.05) is 16.4 Å². The summed E-state index contributed by atoms with van der Waals surface area (Å²) in [4.78, 5) is 5.61. The summed E-state index contributed by atoms with van der Waals surface area (Å²) in [7, 11) is 0. The van der Waals surface area contributed by atoms with Gasteiger partial charge in [-0.05, 0) is 20.3 Å². The molecule has 2 aromatic rings. The normalized spacial score (nSPS) is 22.0. The number of aryl methyl sites for hydroxylation is 2. The summed E-state index contributed by atoms with van der Waals surface area (Å²) in [5, 5.41) is 7.91. The summed E-state index contributed by atoms with van der Waals surface area (Å²) in [6.07, 6.45) is 5.34. The number of nitrogens with one attached hydrogen (secondary N) is 1. The van der Waals surface area contributed by atoms with Crippen molar-refractivity contribution in [3.05, 3.63) is 34.0 Å². The van der Waals surface area contributed by atoms with Gasteiger partial charge in [-0.2, -0.15) is 5.10 Å². The summed E-state index contributed by atoms with van der Waals surface area (Å²) in [6.45, 7) is 7.78. The smallest absolute Gasteiger partial charge is 0.0896 e. The van der Waals surface area contributed by atoms with Crippen LogP contribution >= 0.6 is 11.3 Å². The van der Waals surface area contributed by atoms with E-state index in [9.17, 15) is 0 Å². The highest BCUT2D eigenvalue weighted by Gasteiger charge is 2.30. The molecule has 1 aliphatic rings. The Bertz CT molecular complexity index is 580. The molecule has 0 saturated carbocycles. The van der Waals surface area contributed by atoms with Crippen molar-refractivity contribution in [1.29, 1.82) is 0 Å². The zero-order valence-corrected chi connectivity index (χ0v) is 13.4. The second-order valence-corrected chi connectivity index (χ2v) is 6.40. The molecule has 0 spiro atoms. The van der Waals surface area contributed by atoms with Crippen molar-refractivity contribution in [3.8, 4) is 0 Å². The topological polar surface area (TPSA) is 52.0 Å². The highest BCUT2D eigenvalue weighted by molar-refractivity contribution is 7.09. The molecule has 3 rings (SSSR count). The van der Waals surface area contributed by atoms with E-state index in [2.05, 4.69) is 35.4 Å². The van der Waals surface area contributed by atoms with Crippen molar-refractivity contribution in [2.75, 3.05) is 13.2 Å². The molecule has 0 aromatic carbocycles. The van der Waals surface area contributed by atoms with Crippen molar-refractivity contribution in [2.24, 2.45) is 5.92 Å². The molecule has 6 heteroatoms. The van der Waals surface area contributed by atoms with E-state index in [0.717, 1.165) is 38.4 Å². The number of ether oxygens (including phenoxy) is 1. The Hall–Kier alpha value is -1.24. The van der Waals surface area contributed by atoms with Crippen LogP contribution in [0.2, 0.25) is 0 Å². The number of hydrogen-bond acceptors (Lipinski definition) is 5.